The van der Waals surface area contributed by atoms with Gasteiger partial charge in [-0.1, -0.05) is 48.5 Å². The van der Waals surface area contributed by atoms with Gasteiger partial charge in [-0.05, 0) is 11.6 Å². The molecule has 2 heterocycles. The first-order valence-corrected chi connectivity index (χ1v) is 7.71. The van der Waals surface area contributed by atoms with Crippen LogP contribution in [-0.4, -0.2) is 22.3 Å². The average Bonchev–Trinajstić information content (AvgIpc) is 2.93. The number of fused-ring (bicyclic) bond motifs is 3. The molecule has 0 bridgehead atoms. The molecule has 3 nitrogen and oxygen atoms in total. The summed E-state index contributed by atoms with van der Waals surface area (Å²) in [5.41, 5.74) is 4.82. The first kappa shape index (κ1) is 13.1. The van der Waals surface area contributed by atoms with E-state index in [2.05, 4.69) is 23.2 Å². The largest absolute Gasteiger partial charge is 0.358 e. The summed E-state index contributed by atoms with van der Waals surface area (Å²) in [5.74, 6) is 0.210. The molecule has 3 aromatic rings. The number of aromatic amines is 1. The number of H-pyrrole nitrogens is 1. The van der Waals surface area contributed by atoms with Crippen LogP contribution in [0.3, 0.4) is 0 Å². The van der Waals surface area contributed by atoms with Crippen molar-refractivity contribution in [2.45, 2.75) is 19.4 Å². The van der Waals surface area contributed by atoms with Crippen LogP contribution >= 0.6 is 0 Å². The van der Waals surface area contributed by atoms with Gasteiger partial charge in [0.25, 0.3) is 0 Å². The van der Waals surface area contributed by atoms with Crippen molar-refractivity contribution < 1.29 is 4.79 Å². The van der Waals surface area contributed by atoms with Gasteiger partial charge in [-0.2, -0.15) is 0 Å². The van der Waals surface area contributed by atoms with Crippen molar-refractivity contribution in [3.05, 3.63) is 71.4 Å². The Morgan fingerprint density at radius 3 is 2.68 bits per heavy atom. The highest BCUT2D eigenvalue weighted by atomic mass is 16.2. The fraction of sp³-hybridized carbons (Fsp3) is 0.211. The van der Waals surface area contributed by atoms with Gasteiger partial charge in [0, 0.05) is 41.7 Å². The Kier molecular flexibility index (Phi) is 3.19. The Morgan fingerprint density at radius 2 is 1.82 bits per heavy atom. The first-order valence-electron chi connectivity index (χ1n) is 7.71. The SMILES string of the molecule is O=C(Cc1ccccc1)N1CCc2[nH]c3ccccc3c2C1. The average molecular weight is 290 g/mol. The van der Waals surface area contributed by atoms with E-state index in [-0.39, 0.29) is 5.91 Å². The minimum absolute atomic E-state index is 0.210. The molecular weight excluding hydrogens is 272 g/mol. The fourth-order valence-electron chi connectivity index (χ4n) is 3.26. The number of rotatable bonds is 2. The summed E-state index contributed by atoms with van der Waals surface area (Å²) in [6, 6.07) is 18.3. The van der Waals surface area contributed by atoms with E-state index in [9.17, 15) is 4.79 Å². The molecule has 0 aliphatic carbocycles. The quantitative estimate of drug-likeness (QED) is 0.772. The Hall–Kier alpha value is -2.55. The molecule has 3 heteroatoms. The maximum atomic E-state index is 12.6. The van der Waals surface area contributed by atoms with Gasteiger partial charge in [0.1, 0.15) is 0 Å². The maximum Gasteiger partial charge on any atom is 0.227 e. The van der Waals surface area contributed by atoms with Gasteiger partial charge in [0.05, 0.1) is 6.42 Å². The predicted molar refractivity (Wildman–Crippen MR) is 87.6 cm³/mol. The van der Waals surface area contributed by atoms with Crippen molar-refractivity contribution >= 4 is 16.8 Å². The van der Waals surface area contributed by atoms with Gasteiger partial charge < -0.3 is 9.88 Å². The number of aromatic nitrogens is 1. The van der Waals surface area contributed by atoms with E-state index >= 15 is 0 Å². The third kappa shape index (κ3) is 2.29. The highest BCUT2D eigenvalue weighted by Crippen LogP contribution is 2.27. The maximum absolute atomic E-state index is 12.6. The second-order valence-electron chi connectivity index (χ2n) is 5.86. The lowest BCUT2D eigenvalue weighted by molar-refractivity contribution is -0.131. The summed E-state index contributed by atoms with van der Waals surface area (Å²) in [5, 5.41) is 1.25. The number of hydrogen-bond acceptors (Lipinski definition) is 1. The van der Waals surface area contributed by atoms with Crippen molar-refractivity contribution in [2.24, 2.45) is 0 Å². The molecule has 110 valence electrons. The molecule has 22 heavy (non-hydrogen) atoms. The number of carbonyl (C=O) groups is 1. The molecule has 1 amide bonds. The summed E-state index contributed by atoms with van der Waals surface area (Å²) in [6.07, 6.45) is 1.39. The highest BCUT2D eigenvalue weighted by Gasteiger charge is 2.23. The Labute approximate surface area is 129 Å². The molecule has 1 N–H and O–H groups in total. The molecule has 0 radical (unpaired) electrons. The van der Waals surface area contributed by atoms with Crippen molar-refractivity contribution in [3.8, 4) is 0 Å². The number of amides is 1. The monoisotopic (exact) mass is 290 g/mol. The number of hydrogen-bond donors (Lipinski definition) is 1. The van der Waals surface area contributed by atoms with Gasteiger partial charge in [-0.15, -0.1) is 0 Å². The van der Waals surface area contributed by atoms with E-state index in [1.807, 2.05) is 41.3 Å². The van der Waals surface area contributed by atoms with E-state index in [0.717, 1.165) is 18.5 Å². The molecular formula is C19H18N2O. The molecule has 4 rings (SSSR count). The van der Waals surface area contributed by atoms with Gasteiger partial charge in [-0.25, -0.2) is 0 Å². The van der Waals surface area contributed by atoms with Crippen molar-refractivity contribution in [3.63, 3.8) is 0 Å². The second-order valence-corrected chi connectivity index (χ2v) is 5.86. The number of nitrogens with one attached hydrogen (secondary N) is 1. The normalized spacial score (nSPS) is 14.1. The van der Waals surface area contributed by atoms with Gasteiger partial charge in [0.15, 0.2) is 0 Å². The zero-order chi connectivity index (χ0) is 14.9. The summed E-state index contributed by atoms with van der Waals surface area (Å²) >= 11 is 0. The lowest BCUT2D eigenvalue weighted by Crippen LogP contribution is -2.36. The topological polar surface area (TPSA) is 36.1 Å². The molecule has 0 saturated heterocycles. The Morgan fingerprint density at radius 1 is 1.05 bits per heavy atom. The van der Waals surface area contributed by atoms with Crippen molar-refractivity contribution in [1.29, 1.82) is 0 Å². The second kappa shape index (κ2) is 5.34. The third-order valence-electron chi connectivity index (χ3n) is 4.43. The van der Waals surface area contributed by atoms with Crippen LogP contribution in [0.5, 0.6) is 0 Å². The lowest BCUT2D eigenvalue weighted by Gasteiger charge is -2.27. The Balaban J connectivity index is 1.57. The predicted octanol–water partition coefficient (Wildman–Crippen LogP) is 3.30. The molecule has 1 aromatic heterocycles. The van der Waals surface area contributed by atoms with Gasteiger partial charge in [0.2, 0.25) is 5.91 Å². The zero-order valence-corrected chi connectivity index (χ0v) is 12.4. The molecule has 0 unspecified atom stereocenters. The third-order valence-corrected chi connectivity index (χ3v) is 4.43. The van der Waals surface area contributed by atoms with Crippen LogP contribution in [-0.2, 0) is 24.2 Å². The van der Waals surface area contributed by atoms with Crippen LogP contribution in [0.25, 0.3) is 10.9 Å². The summed E-state index contributed by atoms with van der Waals surface area (Å²) in [7, 11) is 0. The van der Waals surface area contributed by atoms with Gasteiger partial charge >= 0.3 is 0 Å². The Bertz CT molecular complexity index is 820. The molecule has 1 aliphatic rings. The van der Waals surface area contributed by atoms with Crippen LogP contribution < -0.4 is 0 Å². The minimum Gasteiger partial charge on any atom is -0.358 e. The van der Waals surface area contributed by atoms with E-state index in [4.69, 9.17) is 0 Å². The number of carbonyl (C=O) groups excluding carboxylic acids is 1. The highest BCUT2D eigenvalue weighted by molar-refractivity contribution is 5.86. The van der Waals surface area contributed by atoms with Crippen molar-refractivity contribution in [1.82, 2.24) is 9.88 Å². The van der Waals surface area contributed by atoms with Crippen LogP contribution in [0.2, 0.25) is 0 Å². The van der Waals surface area contributed by atoms with E-state index in [1.165, 1.54) is 22.2 Å². The lowest BCUT2D eigenvalue weighted by atomic mass is 10.0. The van der Waals surface area contributed by atoms with Gasteiger partial charge in [-0.3, -0.25) is 4.79 Å². The minimum atomic E-state index is 0.210. The van der Waals surface area contributed by atoms with E-state index in [0.29, 0.717) is 13.0 Å². The molecule has 2 aromatic carbocycles. The summed E-state index contributed by atoms with van der Waals surface area (Å²) in [6.45, 7) is 1.51. The number of benzene rings is 2. The van der Waals surface area contributed by atoms with Crippen LogP contribution in [0.4, 0.5) is 0 Å². The number of para-hydroxylation sites is 1. The molecule has 0 spiro atoms. The van der Waals surface area contributed by atoms with Crippen LogP contribution in [0, 0.1) is 0 Å². The van der Waals surface area contributed by atoms with Crippen LogP contribution in [0.1, 0.15) is 16.8 Å². The zero-order valence-electron chi connectivity index (χ0n) is 12.4. The molecule has 0 saturated carbocycles. The first-order chi connectivity index (χ1) is 10.8. The summed E-state index contributed by atoms with van der Waals surface area (Å²) < 4.78 is 0. The molecule has 0 atom stereocenters. The summed E-state index contributed by atoms with van der Waals surface area (Å²) in [4.78, 5) is 18.0. The van der Waals surface area contributed by atoms with Crippen LogP contribution in [0.15, 0.2) is 54.6 Å². The fourth-order valence-corrected chi connectivity index (χ4v) is 3.26. The van der Waals surface area contributed by atoms with E-state index < -0.39 is 0 Å². The standard InChI is InChI=1S/C19H18N2O/c22-19(12-14-6-2-1-3-7-14)21-11-10-18-16(13-21)15-8-4-5-9-17(15)20-18/h1-9,20H,10-13H2. The van der Waals surface area contributed by atoms with Crippen molar-refractivity contribution in [2.75, 3.05) is 6.54 Å². The van der Waals surface area contributed by atoms with E-state index in [1.54, 1.807) is 0 Å². The molecule has 0 fully saturated rings. The number of nitrogens with zero attached hydrogens (tertiary/aromatic N) is 1. The smallest absolute Gasteiger partial charge is 0.227 e. The molecule has 1 aliphatic heterocycles.